The number of amides is 1. The number of anilines is 1. The molecular weight excluding hydrogens is 500 g/mol. The van der Waals surface area contributed by atoms with Crippen molar-refractivity contribution in [2.75, 3.05) is 39.5 Å². The molecule has 0 unspecified atom stereocenters. The lowest BCUT2D eigenvalue weighted by Gasteiger charge is -2.21. The fraction of sp³-hybridized carbons (Fsp3) is 0.448. The Bertz CT molecular complexity index is 1400. The molecule has 1 aliphatic heterocycles. The van der Waals surface area contributed by atoms with Crippen LogP contribution in [0, 0.1) is 12.8 Å². The molecule has 0 spiro atoms. The quantitative estimate of drug-likeness (QED) is 0.288. The van der Waals surface area contributed by atoms with E-state index in [4.69, 9.17) is 4.84 Å². The molecule has 38 heavy (non-hydrogen) atoms. The van der Waals surface area contributed by atoms with E-state index in [-0.39, 0.29) is 16.7 Å². The predicted octanol–water partition coefficient (Wildman–Crippen LogP) is 4.51. The molecule has 0 saturated heterocycles. The molecule has 1 aliphatic carbocycles. The minimum atomic E-state index is -3.75. The van der Waals surface area contributed by atoms with Crippen LogP contribution in [0.15, 0.2) is 58.1 Å². The maximum absolute atomic E-state index is 13.5. The van der Waals surface area contributed by atoms with Crippen LogP contribution in [0.2, 0.25) is 0 Å². The Kier molecular flexibility index (Phi) is 7.84. The normalized spacial score (nSPS) is 17.6. The highest BCUT2D eigenvalue weighted by atomic mass is 32.2. The number of likely N-dealkylation sites (N-methyl/N-ethyl adjacent to an activating group) is 2. The molecule has 2 aromatic rings. The van der Waals surface area contributed by atoms with E-state index >= 15 is 0 Å². The molecule has 8 nitrogen and oxygen atoms in total. The Morgan fingerprint density at radius 1 is 1.08 bits per heavy atom. The molecule has 2 aromatic carbocycles. The Morgan fingerprint density at radius 2 is 1.76 bits per heavy atom. The van der Waals surface area contributed by atoms with Gasteiger partial charge in [0.05, 0.1) is 10.5 Å². The summed E-state index contributed by atoms with van der Waals surface area (Å²) in [7, 11) is 1.64. The van der Waals surface area contributed by atoms with Crippen molar-refractivity contribution in [3.63, 3.8) is 0 Å². The molecule has 4 rings (SSSR count). The SMILES string of the molecule is Cc1ccccc1C(=N\OC(C)(C)C)/C(=C1/C(=O)Nc2ccc(S(=O)(=O)N(C)CCN(C)C)cc21)C1CC1. The van der Waals surface area contributed by atoms with Crippen LogP contribution in [0.5, 0.6) is 0 Å². The van der Waals surface area contributed by atoms with Crippen LogP contribution in [0.1, 0.15) is 50.3 Å². The number of oxime groups is 1. The standard InChI is InChI=1S/C29H38N4O4S/c1-19-10-8-9-11-22(19)27(31-37-29(2,3)4)25(20-12-13-20)26-23-18-21(14-15-24(23)30-28(26)34)38(35,36)33(7)17-16-32(5)6/h8-11,14-15,18,20H,12-13,16-17H2,1-7H3,(H,30,34)/b26-25+,31-27+. The number of nitrogens with zero attached hydrogens (tertiary/aromatic N) is 3. The number of benzene rings is 2. The number of sulfonamides is 1. The topological polar surface area (TPSA) is 91.3 Å². The van der Waals surface area contributed by atoms with Gasteiger partial charge in [-0.3, -0.25) is 4.79 Å². The first-order chi connectivity index (χ1) is 17.8. The van der Waals surface area contributed by atoms with E-state index in [1.165, 1.54) is 4.31 Å². The van der Waals surface area contributed by atoms with Gasteiger partial charge in [-0.15, -0.1) is 0 Å². The van der Waals surface area contributed by atoms with E-state index in [9.17, 15) is 13.2 Å². The summed E-state index contributed by atoms with van der Waals surface area (Å²) < 4.78 is 28.2. The number of carbonyl (C=O) groups is 1. The molecule has 2 aliphatic rings. The van der Waals surface area contributed by atoms with Gasteiger partial charge in [-0.1, -0.05) is 29.4 Å². The van der Waals surface area contributed by atoms with Crippen molar-refractivity contribution >= 4 is 32.9 Å². The number of hydrogen-bond donors (Lipinski definition) is 1. The maximum atomic E-state index is 13.5. The van der Waals surface area contributed by atoms with Crippen LogP contribution >= 0.6 is 0 Å². The third kappa shape index (κ3) is 6.00. The third-order valence-corrected chi connectivity index (χ3v) is 8.48. The Morgan fingerprint density at radius 3 is 2.37 bits per heavy atom. The first kappa shape index (κ1) is 28.0. The largest absolute Gasteiger partial charge is 0.390 e. The number of aryl methyl sites for hydroxylation is 1. The zero-order chi connectivity index (χ0) is 27.8. The lowest BCUT2D eigenvalue weighted by Crippen LogP contribution is -2.33. The summed E-state index contributed by atoms with van der Waals surface area (Å²) in [6, 6.07) is 12.7. The van der Waals surface area contributed by atoms with Gasteiger partial charge in [0.25, 0.3) is 5.91 Å². The second-order valence-corrected chi connectivity index (χ2v) is 13.4. The van der Waals surface area contributed by atoms with E-state index in [2.05, 4.69) is 10.5 Å². The maximum Gasteiger partial charge on any atom is 0.256 e. The van der Waals surface area contributed by atoms with Gasteiger partial charge in [-0.05, 0) is 89.9 Å². The molecule has 0 atom stereocenters. The average Bonchev–Trinajstić information content (AvgIpc) is 3.62. The summed E-state index contributed by atoms with van der Waals surface area (Å²) in [6.45, 7) is 8.75. The molecule has 0 radical (unpaired) electrons. The van der Waals surface area contributed by atoms with E-state index in [1.807, 2.05) is 71.0 Å². The Hall–Kier alpha value is -3.01. The molecule has 1 fully saturated rings. The van der Waals surface area contributed by atoms with Crippen LogP contribution in [0.4, 0.5) is 5.69 Å². The number of fused-ring (bicyclic) bond motifs is 1. The molecule has 0 bridgehead atoms. The summed E-state index contributed by atoms with van der Waals surface area (Å²) in [5.41, 5.74) is 4.44. The predicted molar refractivity (Wildman–Crippen MR) is 152 cm³/mol. The summed E-state index contributed by atoms with van der Waals surface area (Å²) >= 11 is 0. The smallest absolute Gasteiger partial charge is 0.256 e. The minimum Gasteiger partial charge on any atom is -0.390 e. The van der Waals surface area contributed by atoms with Crippen LogP contribution in [0.25, 0.3) is 5.57 Å². The van der Waals surface area contributed by atoms with Gasteiger partial charge in [0.15, 0.2) is 0 Å². The van der Waals surface area contributed by atoms with Gasteiger partial charge in [-0.25, -0.2) is 8.42 Å². The fourth-order valence-electron chi connectivity index (χ4n) is 4.37. The molecule has 1 N–H and O–H groups in total. The van der Waals surface area contributed by atoms with Gasteiger partial charge in [0.2, 0.25) is 10.0 Å². The minimum absolute atomic E-state index is 0.131. The zero-order valence-corrected chi connectivity index (χ0v) is 24.1. The van der Waals surface area contributed by atoms with Crippen molar-refractivity contribution in [2.45, 2.75) is 51.0 Å². The molecule has 1 heterocycles. The monoisotopic (exact) mass is 538 g/mol. The van der Waals surface area contributed by atoms with Crippen molar-refractivity contribution in [3.8, 4) is 0 Å². The molecule has 1 amide bonds. The first-order valence-corrected chi connectivity index (χ1v) is 14.4. The number of carbonyl (C=O) groups excluding carboxylic acids is 1. The van der Waals surface area contributed by atoms with Crippen molar-refractivity contribution in [1.29, 1.82) is 0 Å². The summed E-state index contributed by atoms with van der Waals surface area (Å²) in [5.74, 6) is -0.124. The van der Waals surface area contributed by atoms with E-state index in [1.54, 1.807) is 25.2 Å². The average molecular weight is 539 g/mol. The van der Waals surface area contributed by atoms with Gasteiger partial charge < -0.3 is 15.1 Å². The number of allylic oxidation sites excluding steroid dienone is 1. The van der Waals surface area contributed by atoms with Crippen molar-refractivity contribution < 1.29 is 18.0 Å². The van der Waals surface area contributed by atoms with E-state index in [0.29, 0.717) is 35.6 Å². The lowest BCUT2D eigenvalue weighted by atomic mass is 9.89. The highest BCUT2D eigenvalue weighted by Crippen LogP contribution is 2.46. The molecule has 204 valence electrons. The van der Waals surface area contributed by atoms with Crippen LogP contribution in [-0.4, -0.2) is 69.1 Å². The van der Waals surface area contributed by atoms with Crippen molar-refractivity contribution in [2.24, 2.45) is 11.1 Å². The van der Waals surface area contributed by atoms with E-state index in [0.717, 1.165) is 29.5 Å². The zero-order valence-electron chi connectivity index (χ0n) is 23.3. The highest BCUT2D eigenvalue weighted by molar-refractivity contribution is 7.89. The highest BCUT2D eigenvalue weighted by Gasteiger charge is 2.39. The number of hydrogen-bond acceptors (Lipinski definition) is 6. The number of rotatable bonds is 9. The molecule has 1 saturated carbocycles. The third-order valence-electron chi connectivity index (χ3n) is 6.63. The van der Waals surface area contributed by atoms with Crippen molar-refractivity contribution in [1.82, 2.24) is 9.21 Å². The second-order valence-electron chi connectivity index (χ2n) is 11.3. The number of nitrogens with one attached hydrogen (secondary N) is 1. The summed E-state index contributed by atoms with van der Waals surface area (Å²) in [6.07, 6.45) is 1.85. The first-order valence-electron chi connectivity index (χ1n) is 12.9. The Labute approximate surface area is 226 Å². The van der Waals surface area contributed by atoms with Gasteiger partial charge in [0, 0.05) is 37.0 Å². The molecule has 9 heteroatoms. The van der Waals surface area contributed by atoms with Crippen molar-refractivity contribution in [3.05, 3.63) is 64.7 Å². The van der Waals surface area contributed by atoms with Gasteiger partial charge in [0.1, 0.15) is 11.3 Å². The second kappa shape index (κ2) is 10.6. The lowest BCUT2D eigenvalue weighted by molar-refractivity contribution is -0.110. The summed E-state index contributed by atoms with van der Waals surface area (Å²) in [5, 5.41) is 7.57. The van der Waals surface area contributed by atoms with Crippen LogP contribution in [0.3, 0.4) is 0 Å². The molecule has 0 aromatic heterocycles. The fourth-order valence-corrected chi connectivity index (χ4v) is 5.56. The van der Waals surface area contributed by atoms with Gasteiger partial charge >= 0.3 is 0 Å². The Balaban J connectivity index is 1.89. The van der Waals surface area contributed by atoms with E-state index < -0.39 is 15.6 Å². The van der Waals surface area contributed by atoms with Crippen LogP contribution in [-0.2, 0) is 19.7 Å². The van der Waals surface area contributed by atoms with Crippen LogP contribution < -0.4 is 5.32 Å². The summed E-state index contributed by atoms with van der Waals surface area (Å²) in [4.78, 5) is 21.5. The van der Waals surface area contributed by atoms with Gasteiger partial charge in [-0.2, -0.15) is 4.31 Å². The molecular formula is C29H38N4O4S.